The topological polar surface area (TPSA) is 42.2 Å². The summed E-state index contributed by atoms with van der Waals surface area (Å²) >= 11 is 0. The van der Waals surface area contributed by atoms with Gasteiger partial charge in [-0.25, -0.2) is 9.50 Å². The Hall–Kier alpha value is -1.68. The molecule has 0 fully saturated rings. The molecule has 112 valence electrons. The lowest BCUT2D eigenvalue weighted by Gasteiger charge is -2.17. The Labute approximate surface area is 126 Å². The number of nitrogens with one attached hydrogen (secondary N) is 1. The third kappa shape index (κ3) is 3.00. The molecule has 3 rings (SSSR count). The molecule has 0 spiro atoms. The van der Waals surface area contributed by atoms with Crippen molar-refractivity contribution in [2.24, 2.45) is 0 Å². The molecule has 0 radical (unpaired) electrons. The van der Waals surface area contributed by atoms with E-state index in [9.17, 15) is 0 Å². The highest BCUT2D eigenvalue weighted by Gasteiger charge is 2.13. The molecule has 1 atom stereocenters. The average molecular weight is 284 g/mol. The normalized spacial score (nSPS) is 16.4. The van der Waals surface area contributed by atoms with Crippen molar-refractivity contribution < 1.29 is 0 Å². The van der Waals surface area contributed by atoms with Crippen LogP contribution in [0.3, 0.4) is 0 Å². The first-order valence-corrected chi connectivity index (χ1v) is 7.88. The Bertz CT molecular complexity index is 669. The van der Waals surface area contributed by atoms with E-state index in [1.165, 1.54) is 36.9 Å². The monoisotopic (exact) mass is 284 g/mol. The van der Waals surface area contributed by atoms with Crippen LogP contribution in [-0.2, 0) is 0 Å². The van der Waals surface area contributed by atoms with Crippen LogP contribution in [0.1, 0.15) is 55.6 Å². The second-order valence-corrected chi connectivity index (χ2v) is 6.04. The summed E-state index contributed by atoms with van der Waals surface area (Å²) in [5.74, 6) is 0. The number of rotatable bonds is 5. The first kappa shape index (κ1) is 14.3. The molecule has 0 saturated carbocycles. The van der Waals surface area contributed by atoms with E-state index in [-0.39, 0.29) is 0 Å². The van der Waals surface area contributed by atoms with E-state index in [2.05, 4.69) is 35.3 Å². The number of nitrogens with zero attached hydrogens (tertiary/aromatic N) is 3. The second kappa shape index (κ2) is 5.98. The van der Waals surface area contributed by atoms with E-state index in [1.54, 1.807) is 5.57 Å². The van der Waals surface area contributed by atoms with Gasteiger partial charge in [-0.15, -0.1) is 0 Å². The quantitative estimate of drug-likeness (QED) is 0.855. The fourth-order valence-corrected chi connectivity index (χ4v) is 3.12. The first-order valence-electron chi connectivity index (χ1n) is 7.88. The first-order chi connectivity index (χ1) is 10.1. The Balaban J connectivity index is 1.68. The molecule has 0 aliphatic heterocycles. The zero-order chi connectivity index (χ0) is 14.8. The number of aromatic nitrogens is 3. The highest BCUT2D eigenvalue weighted by atomic mass is 15.3. The predicted molar refractivity (Wildman–Crippen MR) is 85.4 cm³/mol. The fourth-order valence-electron chi connectivity index (χ4n) is 3.12. The SMILES string of the molecule is Cc1cc2ncc(C(C)NCCC3=CCCC3)c(C)n2n1. The summed E-state index contributed by atoms with van der Waals surface area (Å²) in [5, 5.41) is 8.13. The van der Waals surface area contributed by atoms with Crippen LogP contribution in [-0.4, -0.2) is 21.1 Å². The summed E-state index contributed by atoms with van der Waals surface area (Å²) in [6.07, 6.45) is 9.44. The van der Waals surface area contributed by atoms with E-state index in [0.717, 1.165) is 17.9 Å². The molecule has 0 amide bonds. The summed E-state index contributed by atoms with van der Waals surface area (Å²) in [6, 6.07) is 2.31. The predicted octanol–water partition coefficient (Wildman–Crippen LogP) is 3.50. The largest absolute Gasteiger partial charge is 0.310 e. The second-order valence-electron chi connectivity index (χ2n) is 6.04. The summed E-state index contributed by atoms with van der Waals surface area (Å²) in [7, 11) is 0. The minimum absolute atomic E-state index is 0.299. The van der Waals surface area contributed by atoms with Gasteiger partial charge < -0.3 is 5.32 Å². The van der Waals surface area contributed by atoms with Crippen molar-refractivity contribution in [1.82, 2.24) is 19.9 Å². The van der Waals surface area contributed by atoms with Crippen molar-refractivity contribution >= 4 is 5.65 Å². The molecule has 1 N–H and O–H groups in total. The Kier molecular flexibility index (Phi) is 4.06. The fraction of sp³-hybridized carbons (Fsp3) is 0.529. The minimum Gasteiger partial charge on any atom is -0.310 e. The maximum absolute atomic E-state index is 4.52. The van der Waals surface area contributed by atoms with Gasteiger partial charge in [0, 0.05) is 29.6 Å². The summed E-state index contributed by atoms with van der Waals surface area (Å²) in [5.41, 5.74) is 5.95. The molecule has 1 unspecified atom stereocenters. The van der Waals surface area contributed by atoms with E-state index in [4.69, 9.17) is 0 Å². The van der Waals surface area contributed by atoms with Crippen molar-refractivity contribution in [3.63, 3.8) is 0 Å². The van der Waals surface area contributed by atoms with Gasteiger partial charge in [-0.2, -0.15) is 5.10 Å². The van der Waals surface area contributed by atoms with Crippen LogP contribution in [0.15, 0.2) is 23.9 Å². The molecule has 4 nitrogen and oxygen atoms in total. The molecule has 2 aromatic heterocycles. The number of aryl methyl sites for hydroxylation is 2. The van der Waals surface area contributed by atoms with Crippen molar-refractivity contribution in [1.29, 1.82) is 0 Å². The Morgan fingerprint density at radius 2 is 2.24 bits per heavy atom. The number of fused-ring (bicyclic) bond motifs is 1. The maximum Gasteiger partial charge on any atom is 0.155 e. The standard InChI is InChI=1S/C17H24N4/c1-12-10-17-19-11-16(14(3)21(17)20-12)13(2)18-9-8-15-6-4-5-7-15/h6,10-11,13,18H,4-5,7-9H2,1-3H3. The van der Waals surface area contributed by atoms with Crippen LogP contribution in [0, 0.1) is 13.8 Å². The average Bonchev–Trinajstić information content (AvgIpc) is 3.08. The molecular weight excluding hydrogens is 260 g/mol. The number of hydrogen-bond acceptors (Lipinski definition) is 3. The van der Waals surface area contributed by atoms with Gasteiger partial charge in [-0.1, -0.05) is 11.6 Å². The van der Waals surface area contributed by atoms with Gasteiger partial charge in [0.2, 0.25) is 0 Å². The zero-order valence-electron chi connectivity index (χ0n) is 13.2. The van der Waals surface area contributed by atoms with Gasteiger partial charge in [-0.3, -0.25) is 0 Å². The van der Waals surface area contributed by atoms with Crippen molar-refractivity contribution in [3.05, 3.63) is 40.9 Å². The molecule has 1 aliphatic carbocycles. The molecule has 0 aromatic carbocycles. The van der Waals surface area contributed by atoms with E-state index >= 15 is 0 Å². The van der Waals surface area contributed by atoms with Crippen LogP contribution in [0.5, 0.6) is 0 Å². The Morgan fingerprint density at radius 3 is 3.00 bits per heavy atom. The van der Waals surface area contributed by atoms with E-state index < -0.39 is 0 Å². The molecule has 0 bridgehead atoms. The number of hydrogen-bond donors (Lipinski definition) is 1. The van der Waals surface area contributed by atoms with Gasteiger partial charge in [0.25, 0.3) is 0 Å². The van der Waals surface area contributed by atoms with Crippen LogP contribution in [0.2, 0.25) is 0 Å². The van der Waals surface area contributed by atoms with Crippen LogP contribution < -0.4 is 5.32 Å². The third-order valence-corrected chi connectivity index (χ3v) is 4.38. The van der Waals surface area contributed by atoms with Gasteiger partial charge in [0.1, 0.15) is 0 Å². The molecule has 21 heavy (non-hydrogen) atoms. The van der Waals surface area contributed by atoms with Gasteiger partial charge in [0.05, 0.1) is 5.69 Å². The molecule has 1 aliphatic rings. The van der Waals surface area contributed by atoms with Gasteiger partial charge in [-0.05, 0) is 53.0 Å². The van der Waals surface area contributed by atoms with Crippen molar-refractivity contribution in [2.45, 2.75) is 52.5 Å². The smallest absolute Gasteiger partial charge is 0.155 e. The maximum atomic E-state index is 4.52. The van der Waals surface area contributed by atoms with Gasteiger partial charge in [0.15, 0.2) is 5.65 Å². The van der Waals surface area contributed by atoms with Crippen LogP contribution in [0.25, 0.3) is 5.65 Å². The van der Waals surface area contributed by atoms with Crippen molar-refractivity contribution in [2.75, 3.05) is 6.54 Å². The lowest BCUT2D eigenvalue weighted by Crippen LogP contribution is -2.22. The van der Waals surface area contributed by atoms with Crippen molar-refractivity contribution in [3.8, 4) is 0 Å². The van der Waals surface area contributed by atoms with E-state index in [0.29, 0.717) is 6.04 Å². The lowest BCUT2D eigenvalue weighted by atomic mass is 10.1. The summed E-state index contributed by atoms with van der Waals surface area (Å²) in [4.78, 5) is 4.52. The highest BCUT2D eigenvalue weighted by Crippen LogP contribution is 2.21. The molecule has 4 heteroatoms. The zero-order valence-corrected chi connectivity index (χ0v) is 13.2. The van der Waals surface area contributed by atoms with E-state index in [1.807, 2.05) is 23.7 Å². The lowest BCUT2D eigenvalue weighted by molar-refractivity contribution is 0.564. The number of allylic oxidation sites excluding steroid dienone is 1. The highest BCUT2D eigenvalue weighted by molar-refractivity contribution is 5.42. The molecular formula is C17H24N4. The van der Waals surface area contributed by atoms with Crippen LogP contribution in [0.4, 0.5) is 0 Å². The molecule has 2 aromatic rings. The summed E-state index contributed by atoms with van der Waals surface area (Å²) < 4.78 is 1.95. The minimum atomic E-state index is 0.299. The Morgan fingerprint density at radius 1 is 1.38 bits per heavy atom. The van der Waals surface area contributed by atoms with Gasteiger partial charge >= 0.3 is 0 Å². The van der Waals surface area contributed by atoms with Crippen LogP contribution >= 0.6 is 0 Å². The summed E-state index contributed by atoms with van der Waals surface area (Å²) in [6.45, 7) is 7.36. The molecule has 2 heterocycles. The molecule has 0 saturated heterocycles. The third-order valence-electron chi connectivity index (χ3n) is 4.38.